The Hall–Kier alpha value is -2.08. The highest BCUT2D eigenvalue weighted by molar-refractivity contribution is 5.75. The summed E-state index contributed by atoms with van der Waals surface area (Å²) in [4.78, 5) is 27.8. The van der Waals surface area contributed by atoms with Crippen LogP contribution in [-0.2, 0) is 10.2 Å². The van der Waals surface area contributed by atoms with Gasteiger partial charge in [0.25, 0.3) is 0 Å². The smallest absolute Gasteiger partial charge is 0.317 e. The largest absolute Gasteiger partial charge is 0.480 e. The van der Waals surface area contributed by atoms with Crippen LogP contribution < -0.4 is 5.32 Å². The lowest BCUT2D eigenvalue weighted by atomic mass is 9.71. The van der Waals surface area contributed by atoms with Crippen molar-refractivity contribution < 1.29 is 14.7 Å². The lowest BCUT2D eigenvalue weighted by Crippen LogP contribution is -2.51. The molecule has 1 saturated heterocycles. The van der Waals surface area contributed by atoms with Gasteiger partial charge in [0.15, 0.2) is 0 Å². The molecule has 2 N–H and O–H groups in total. The van der Waals surface area contributed by atoms with Crippen LogP contribution in [0.1, 0.15) is 63.6 Å². The van der Waals surface area contributed by atoms with E-state index >= 15 is 0 Å². The molecule has 1 aliphatic carbocycles. The van der Waals surface area contributed by atoms with Gasteiger partial charge < -0.3 is 15.3 Å². The first-order chi connectivity index (χ1) is 13.3. The van der Waals surface area contributed by atoms with E-state index in [4.69, 9.17) is 5.11 Å². The van der Waals surface area contributed by atoms with Gasteiger partial charge in [0.1, 0.15) is 0 Å². The van der Waals surface area contributed by atoms with Crippen LogP contribution >= 0.6 is 0 Å². The molecule has 6 nitrogen and oxygen atoms in total. The van der Waals surface area contributed by atoms with Crippen LogP contribution in [0.3, 0.4) is 0 Å². The van der Waals surface area contributed by atoms with Crippen molar-refractivity contribution in [1.29, 1.82) is 0 Å². The molecule has 154 valence electrons. The van der Waals surface area contributed by atoms with Crippen molar-refractivity contribution in [2.45, 2.75) is 64.0 Å². The predicted octanol–water partition coefficient (Wildman–Crippen LogP) is 3.38. The Kier molecular flexibility index (Phi) is 6.28. The third-order valence-electron chi connectivity index (χ3n) is 6.43. The number of nitrogens with one attached hydrogen (secondary N) is 1. The molecular weight excluding hydrogens is 354 g/mol. The lowest BCUT2D eigenvalue weighted by Gasteiger charge is -2.40. The molecule has 28 heavy (non-hydrogen) atoms. The molecular formula is C22H33N3O3. The highest BCUT2D eigenvalue weighted by atomic mass is 16.4. The maximum absolute atomic E-state index is 12.9. The zero-order valence-corrected chi connectivity index (χ0v) is 17.3. The number of urea groups is 1. The van der Waals surface area contributed by atoms with Gasteiger partial charge in [-0.25, -0.2) is 4.79 Å². The Morgan fingerprint density at radius 2 is 1.89 bits per heavy atom. The summed E-state index contributed by atoms with van der Waals surface area (Å²) >= 11 is 0. The van der Waals surface area contributed by atoms with Gasteiger partial charge in [0.2, 0.25) is 0 Å². The number of carbonyl (C=O) groups excluding carboxylic acids is 1. The van der Waals surface area contributed by atoms with Gasteiger partial charge in [0.05, 0.1) is 12.6 Å². The molecule has 2 aliphatic rings. The van der Waals surface area contributed by atoms with Crippen molar-refractivity contribution in [3.05, 3.63) is 35.4 Å². The quantitative estimate of drug-likeness (QED) is 0.812. The number of hydrogen-bond donors (Lipinski definition) is 2. The van der Waals surface area contributed by atoms with E-state index < -0.39 is 5.97 Å². The summed E-state index contributed by atoms with van der Waals surface area (Å²) in [5.41, 5.74) is 2.71. The summed E-state index contributed by atoms with van der Waals surface area (Å²) in [6.45, 7) is 8.67. The number of nitrogens with zero attached hydrogens (tertiary/aromatic N) is 2. The molecule has 1 heterocycles. The summed E-state index contributed by atoms with van der Waals surface area (Å²) in [6, 6.07) is 8.74. The number of aliphatic carboxylic acids is 1. The van der Waals surface area contributed by atoms with Crippen molar-refractivity contribution >= 4 is 12.0 Å². The molecule has 6 heteroatoms. The van der Waals surface area contributed by atoms with Crippen LogP contribution in [0.2, 0.25) is 0 Å². The van der Waals surface area contributed by atoms with Gasteiger partial charge in [0, 0.05) is 19.1 Å². The van der Waals surface area contributed by atoms with Crippen LogP contribution in [0.15, 0.2) is 24.3 Å². The Morgan fingerprint density at radius 1 is 1.21 bits per heavy atom. The van der Waals surface area contributed by atoms with Gasteiger partial charge in [-0.05, 0) is 48.8 Å². The van der Waals surface area contributed by atoms with Crippen molar-refractivity contribution in [2.24, 2.45) is 0 Å². The summed E-state index contributed by atoms with van der Waals surface area (Å²) in [5, 5.41) is 12.3. The molecule has 0 aromatic heterocycles. The number of benzene rings is 1. The summed E-state index contributed by atoms with van der Waals surface area (Å²) < 4.78 is 0. The number of carbonyl (C=O) groups is 2. The number of carboxylic acids is 1. The van der Waals surface area contributed by atoms with Crippen molar-refractivity contribution in [3.63, 3.8) is 0 Å². The van der Waals surface area contributed by atoms with Crippen molar-refractivity contribution in [3.8, 4) is 0 Å². The zero-order chi connectivity index (χ0) is 20.3. The van der Waals surface area contributed by atoms with E-state index in [1.807, 2.05) is 22.8 Å². The first kappa shape index (κ1) is 20.6. The van der Waals surface area contributed by atoms with E-state index in [1.54, 1.807) is 0 Å². The van der Waals surface area contributed by atoms with Crippen LogP contribution in [-0.4, -0.2) is 59.1 Å². The molecule has 1 unspecified atom stereocenters. The number of rotatable bonds is 5. The molecule has 3 rings (SSSR count). The predicted molar refractivity (Wildman–Crippen MR) is 109 cm³/mol. The molecule has 1 aromatic carbocycles. The minimum Gasteiger partial charge on any atom is -0.480 e. The van der Waals surface area contributed by atoms with E-state index in [0.29, 0.717) is 13.1 Å². The topological polar surface area (TPSA) is 72.9 Å². The van der Waals surface area contributed by atoms with Gasteiger partial charge in [-0.3, -0.25) is 9.69 Å². The average Bonchev–Trinajstić information content (AvgIpc) is 2.68. The van der Waals surface area contributed by atoms with Gasteiger partial charge in [-0.15, -0.1) is 0 Å². The van der Waals surface area contributed by atoms with Crippen molar-refractivity contribution in [2.75, 3.05) is 26.2 Å². The Balaban J connectivity index is 1.59. The molecule has 1 atom stereocenters. The monoisotopic (exact) mass is 387 g/mol. The lowest BCUT2D eigenvalue weighted by molar-refractivity contribution is -0.139. The summed E-state index contributed by atoms with van der Waals surface area (Å²) in [6.07, 6.45) is 3.65. The molecule has 1 aromatic rings. The Morgan fingerprint density at radius 3 is 2.54 bits per heavy atom. The number of amides is 2. The number of hydrogen-bond acceptors (Lipinski definition) is 3. The average molecular weight is 388 g/mol. The molecule has 0 saturated carbocycles. The minimum absolute atomic E-state index is 0.000702. The first-order valence-electron chi connectivity index (χ1n) is 10.4. The number of likely N-dealkylation sites (tertiary alicyclic amines) is 1. The maximum Gasteiger partial charge on any atom is 0.317 e. The summed E-state index contributed by atoms with van der Waals surface area (Å²) in [7, 11) is 0. The Labute approximate surface area is 167 Å². The molecule has 1 fully saturated rings. The number of piperidine rings is 1. The zero-order valence-electron chi connectivity index (χ0n) is 17.3. The number of fused-ring (bicyclic) bond motifs is 1. The van der Waals surface area contributed by atoms with Gasteiger partial charge in [-0.1, -0.05) is 45.0 Å². The fraction of sp³-hybridized carbons (Fsp3) is 0.636. The second kappa shape index (κ2) is 8.52. The van der Waals surface area contributed by atoms with Crippen LogP contribution in [0, 0.1) is 0 Å². The summed E-state index contributed by atoms with van der Waals surface area (Å²) in [5.74, 6) is -0.791. The third-order valence-corrected chi connectivity index (χ3v) is 6.43. The molecule has 0 radical (unpaired) electrons. The molecule has 2 amide bonds. The number of carboxylic acid groups (broad SMARTS) is 1. The fourth-order valence-electron chi connectivity index (χ4n) is 4.71. The van der Waals surface area contributed by atoms with Gasteiger partial charge >= 0.3 is 12.0 Å². The normalized spacial score (nSPS) is 22.0. The highest BCUT2D eigenvalue weighted by Crippen LogP contribution is 2.41. The SMILES string of the molecule is CCN(CC(=O)O)C1CCN(C(=O)NC2CCC(C)(C)c3ccccc32)CC1. The fourth-order valence-corrected chi connectivity index (χ4v) is 4.71. The van der Waals surface area contributed by atoms with Crippen LogP contribution in [0.4, 0.5) is 4.79 Å². The van der Waals surface area contributed by atoms with E-state index in [2.05, 4.69) is 37.4 Å². The second-order valence-electron chi connectivity index (χ2n) is 8.69. The second-order valence-corrected chi connectivity index (χ2v) is 8.69. The maximum atomic E-state index is 12.9. The van der Waals surface area contributed by atoms with Gasteiger partial charge in [-0.2, -0.15) is 0 Å². The van der Waals surface area contributed by atoms with E-state index in [0.717, 1.165) is 32.2 Å². The molecule has 0 bridgehead atoms. The molecule has 0 spiro atoms. The van der Waals surface area contributed by atoms with Crippen LogP contribution in [0.5, 0.6) is 0 Å². The number of likely N-dealkylation sites (N-methyl/N-ethyl adjacent to an activating group) is 1. The van der Waals surface area contributed by atoms with E-state index in [1.165, 1.54) is 11.1 Å². The Bertz CT molecular complexity index is 711. The van der Waals surface area contributed by atoms with E-state index in [9.17, 15) is 9.59 Å². The third kappa shape index (κ3) is 4.49. The standard InChI is InChI=1S/C22H33N3O3/c1-4-24(15-20(26)27)16-10-13-25(14-11-16)21(28)23-19-9-12-22(2,3)18-8-6-5-7-17(18)19/h5-8,16,19H,4,9-15H2,1-3H3,(H,23,28)(H,26,27). The minimum atomic E-state index is -0.791. The van der Waals surface area contributed by atoms with Crippen LogP contribution in [0.25, 0.3) is 0 Å². The van der Waals surface area contributed by atoms with E-state index in [-0.39, 0.29) is 30.1 Å². The first-order valence-corrected chi connectivity index (χ1v) is 10.4. The van der Waals surface area contributed by atoms with Crippen molar-refractivity contribution in [1.82, 2.24) is 15.1 Å². The molecule has 1 aliphatic heterocycles. The highest BCUT2D eigenvalue weighted by Gasteiger charge is 2.34.